The number of aromatic nitrogens is 2. The molecular formula is C15H23N3S2. The maximum atomic E-state index is 4.78. The molecule has 2 aromatic heterocycles. The number of hydrogen-bond donors (Lipinski definition) is 1. The van der Waals surface area contributed by atoms with Crippen molar-refractivity contribution >= 4 is 27.8 Å². The number of thiazole rings is 2. The summed E-state index contributed by atoms with van der Waals surface area (Å²) in [5.74, 6) is 0.646. The first-order valence-electron chi connectivity index (χ1n) is 7.20. The summed E-state index contributed by atoms with van der Waals surface area (Å²) in [5, 5.41) is 7.73. The molecule has 0 saturated heterocycles. The summed E-state index contributed by atoms with van der Waals surface area (Å²) in [5.41, 5.74) is 2.26. The van der Waals surface area contributed by atoms with Crippen molar-refractivity contribution in [3.05, 3.63) is 16.1 Å². The van der Waals surface area contributed by atoms with Crippen molar-refractivity contribution in [2.24, 2.45) is 5.92 Å². The van der Waals surface area contributed by atoms with Gasteiger partial charge in [0.1, 0.15) is 0 Å². The standard InChI is InChI=1S/C15H23N3S2/c1-6-11-14(20-13(17-11)7-9(2)3)12-8-19-15(18-12)16-10(4)5/h8-10H,6-7H2,1-5H3,(H,16,18). The molecule has 2 heterocycles. The lowest BCUT2D eigenvalue weighted by atomic mass is 10.1. The molecule has 0 fully saturated rings. The number of nitrogens with zero attached hydrogens (tertiary/aromatic N) is 2. The average molecular weight is 310 g/mol. The van der Waals surface area contributed by atoms with Crippen LogP contribution in [0.3, 0.4) is 0 Å². The van der Waals surface area contributed by atoms with E-state index in [1.165, 1.54) is 15.6 Å². The Balaban J connectivity index is 2.26. The van der Waals surface area contributed by atoms with Gasteiger partial charge in [0.05, 0.1) is 21.3 Å². The highest BCUT2D eigenvalue weighted by Crippen LogP contribution is 2.34. The summed E-state index contributed by atoms with van der Waals surface area (Å²) in [6, 6.07) is 0.414. The Bertz CT molecular complexity index is 555. The topological polar surface area (TPSA) is 37.8 Å². The highest BCUT2D eigenvalue weighted by Gasteiger charge is 2.15. The van der Waals surface area contributed by atoms with Crippen LogP contribution in [0.2, 0.25) is 0 Å². The highest BCUT2D eigenvalue weighted by molar-refractivity contribution is 7.16. The van der Waals surface area contributed by atoms with Crippen LogP contribution in [0, 0.1) is 5.92 Å². The van der Waals surface area contributed by atoms with Crippen molar-refractivity contribution < 1.29 is 0 Å². The highest BCUT2D eigenvalue weighted by atomic mass is 32.1. The molecule has 0 aliphatic heterocycles. The number of nitrogens with one attached hydrogen (secondary N) is 1. The fourth-order valence-corrected chi connectivity index (χ4v) is 4.22. The van der Waals surface area contributed by atoms with Crippen LogP contribution in [-0.2, 0) is 12.8 Å². The molecule has 0 spiro atoms. The molecule has 0 radical (unpaired) electrons. The van der Waals surface area contributed by atoms with E-state index in [9.17, 15) is 0 Å². The zero-order valence-corrected chi connectivity index (χ0v) is 14.5. The van der Waals surface area contributed by atoms with Gasteiger partial charge in [-0.3, -0.25) is 0 Å². The SMILES string of the molecule is CCc1nc(CC(C)C)sc1-c1csc(NC(C)C)n1. The third-order valence-corrected chi connectivity index (χ3v) is 4.72. The van der Waals surface area contributed by atoms with E-state index >= 15 is 0 Å². The largest absolute Gasteiger partial charge is 0.359 e. The van der Waals surface area contributed by atoms with Crippen LogP contribution < -0.4 is 5.32 Å². The Morgan fingerprint density at radius 2 is 1.95 bits per heavy atom. The van der Waals surface area contributed by atoms with Gasteiger partial charge in [-0.15, -0.1) is 22.7 Å². The zero-order valence-electron chi connectivity index (χ0n) is 12.9. The van der Waals surface area contributed by atoms with Crippen LogP contribution in [0.25, 0.3) is 10.6 Å². The molecule has 0 saturated carbocycles. The van der Waals surface area contributed by atoms with Gasteiger partial charge in [-0.2, -0.15) is 0 Å². The Hall–Kier alpha value is -0.940. The summed E-state index contributed by atoms with van der Waals surface area (Å²) in [6.07, 6.45) is 2.02. The van der Waals surface area contributed by atoms with E-state index in [0.29, 0.717) is 12.0 Å². The number of rotatable bonds is 6. The Morgan fingerprint density at radius 3 is 2.55 bits per heavy atom. The number of anilines is 1. The van der Waals surface area contributed by atoms with Gasteiger partial charge in [-0.05, 0) is 26.2 Å². The maximum Gasteiger partial charge on any atom is 0.183 e. The molecule has 0 aliphatic carbocycles. The van der Waals surface area contributed by atoms with Crippen molar-refractivity contribution in [2.45, 2.75) is 53.5 Å². The first-order valence-corrected chi connectivity index (χ1v) is 8.90. The minimum Gasteiger partial charge on any atom is -0.359 e. The normalized spacial score (nSPS) is 11.6. The van der Waals surface area contributed by atoms with Crippen molar-refractivity contribution in [1.29, 1.82) is 0 Å². The second kappa shape index (κ2) is 6.68. The Kier molecular flexibility index (Phi) is 5.16. The molecule has 5 heteroatoms. The molecule has 0 aliphatic rings. The van der Waals surface area contributed by atoms with Crippen molar-refractivity contribution in [1.82, 2.24) is 9.97 Å². The van der Waals surface area contributed by atoms with Crippen LogP contribution >= 0.6 is 22.7 Å². The van der Waals surface area contributed by atoms with Crippen molar-refractivity contribution in [3.8, 4) is 10.6 Å². The molecule has 110 valence electrons. The first kappa shape index (κ1) is 15.4. The fraction of sp³-hybridized carbons (Fsp3) is 0.600. The molecule has 3 nitrogen and oxygen atoms in total. The summed E-state index contributed by atoms with van der Waals surface area (Å²) in [4.78, 5) is 10.7. The van der Waals surface area contributed by atoms with Gasteiger partial charge in [-0.25, -0.2) is 9.97 Å². The van der Waals surface area contributed by atoms with Gasteiger partial charge in [0, 0.05) is 17.8 Å². The second-order valence-electron chi connectivity index (χ2n) is 5.67. The van der Waals surface area contributed by atoms with Crippen LogP contribution in [0.4, 0.5) is 5.13 Å². The molecular weight excluding hydrogens is 286 g/mol. The lowest BCUT2D eigenvalue weighted by Crippen LogP contribution is -2.08. The van der Waals surface area contributed by atoms with Crippen molar-refractivity contribution in [3.63, 3.8) is 0 Å². The number of aryl methyl sites for hydroxylation is 1. The molecule has 0 atom stereocenters. The van der Waals surface area contributed by atoms with E-state index in [1.807, 2.05) is 0 Å². The van der Waals surface area contributed by atoms with E-state index < -0.39 is 0 Å². The molecule has 1 N–H and O–H groups in total. The summed E-state index contributed by atoms with van der Waals surface area (Å²) >= 11 is 3.47. The van der Waals surface area contributed by atoms with Crippen LogP contribution in [0.15, 0.2) is 5.38 Å². The quantitative estimate of drug-likeness (QED) is 0.829. The molecule has 2 aromatic rings. The average Bonchev–Trinajstić information content (AvgIpc) is 2.93. The first-order chi connectivity index (χ1) is 9.49. The summed E-state index contributed by atoms with van der Waals surface area (Å²) in [7, 11) is 0. The van der Waals surface area contributed by atoms with Gasteiger partial charge in [0.25, 0.3) is 0 Å². The Morgan fingerprint density at radius 1 is 1.20 bits per heavy atom. The van der Waals surface area contributed by atoms with E-state index in [0.717, 1.165) is 23.7 Å². The lowest BCUT2D eigenvalue weighted by molar-refractivity contribution is 0.643. The van der Waals surface area contributed by atoms with Crippen LogP contribution in [0.1, 0.15) is 45.3 Å². The third-order valence-electron chi connectivity index (χ3n) is 2.81. The van der Waals surface area contributed by atoms with Gasteiger partial charge in [0.15, 0.2) is 5.13 Å². The molecule has 0 aromatic carbocycles. The smallest absolute Gasteiger partial charge is 0.183 e. The summed E-state index contributed by atoms with van der Waals surface area (Å²) < 4.78 is 0. The van der Waals surface area contributed by atoms with E-state index in [4.69, 9.17) is 9.97 Å². The van der Waals surface area contributed by atoms with Crippen LogP contribution in [0.5, 0.6) is 0 Å². The Labute approximate surface area is 129 Å². The third kappa shape index (κ3) is 3.79. The number of hydrogen-bond acceptors (Lipinski definition) is 5. The predicted molar refractivity (Wildman–Crippen MR) is 89.9 cm³/mol. The monoisotopic (exact) mass is 309 g/mol. The van der Waals surface area contributed by atoms with Crippen molar-refractivity contribution in [2.75, 3.05) is 5.32 Å². The van der Waals surface area contributed by atoms with Gasteiger partial charge in [0.2, 0.25) is 0 Å². The molecule has 20 heavy (non-hydrogen) atoms. The molecule has 2 rings (SSSR count). The van der Waals surface area contributed by atoms with E-state index in [-0.39, 0.29) is 0 Å². The fourth-order valence-electron chi connectivity index (χ4n) is 1.97. The van der Waals surface area contributed by atoms with Crippen LogP contribution in [-0.4, -0.2) is 16.0 Å². The minimum absolute atomic E-state index is 0.414. The predicted octanol–water partition coefficient (Wildman–Crippen LogP) is 4.85. The van der Waals surface area contributed by atoms with Gasteiger partial charge >= 0.3 is 0 Å². The minimum atomic E-state index is 0.414. The molecule has 0 amide bonds. The summed E-state index contributed by atoms with van der Waals surface area (Å²) in [6.45, 7) is 10.9. The maximum absolute atomic E-state index is 4.78. The lowest BCUT2D eigenvalue weighted by Gasteiger charge is -2.04. The van der Waals surface area contributed by atoms with E-state index in [1.54, 1.807) is 22.7 Å². The van der Waals surface area contributed by atoms with Gasteiger partial charge in [-0.1, -0.05) is 20.8 Å². The second-order valence-corrected chi connectivity index (χ2v) is 7.61. The molecule has 0 unspecified atom stereocenters. The van der Waals surface area contributed by atoms with E-state index in [2.05, 4.69) is 45.3 Å². The zero-order chi connectivity index (χ0) is 14.7. The van der Waals surface area contributed by atoms with Gasteiger partial charge < -0.3 is 5.32 Å². The molecule has 0 bridgehead atoms.